The molecule has 0 bridgehead atoms. The molecule has 1 N–H and O–H groups in total. The van der Waals surface area contributed by atoms with E-state index in [0.29, 0.717) is 12.5 Å². The van der Waals surface area contributed by atoms with Crippen LogP contribution in [0, 0.1) is 5.92 Å². The summed E-state index contributed by atoms with van der Waals surface area (Å²) in [6.07, 6.45) is 3.97. The number of amides is 2. The van der Waals surface area contributed by atoms with Crippen molar-refractivity contribution in [3.63, 3.8) is 0 Å². The molecule has 1 unspecified atom stereocenters. The first-order chi connectivity index (χ1) is 13.1. The zero-order valence-corrected chi connectivity index (χ0v) is 16.4. The maximum absolute atomic E-state index is 12.5. The third-order valence-corrected chi connectivity index (χ3v) is 5.70. The number of methoxy groups -OCH3 is 1. The predicted octanol–water partition coefficient (Wildman–Crippen LogP) is 2.21. The van der Waals surface area contributed by atoms with Gasteiger partial charge in [-0.25, -0.2) is 0 Å². The average Bonchev–Trinajstić information content (AvgIpc) is 3.22. The van der Waals surface area contributed by atoms with Gasteiger partial charge in [0.2, 0.25) is 11.8 Å². The van der Waals surface area contributed by atoms with Gasteiger partial charge in [0.25, 0.3) is 0 Å². The molecular formula is C21H31N3O3. The number of ether oxygens (including phenoxy) is 1. The Bertz CT molecular complexity index is 650. The lowest BCUT2D eigenvalue weighted by atomic mass is 9.95. The van der Waals surface area contributed by atoms with E-state index in [1.54, 1.807) is 7.11 Å². The molecule has 1 atom stereocenters. The highest BCUT2D eigenvalue weighted by atomic mass is 16.5. The lowest BCUT2D eigenvalue weighted by Gasteiger charge is -2.33. The molecule has 2 aliphatic heterocycles. The van der Waals surface area contributed by atoms with Crippen molar-refractivity contribution < 1.29 is 14.3 Å². The van der Waals surface area contributed by atoms with Gasteiger partial charge in [0.15, 0.2) is 0 Å². The van der Waals surface area contributed by atoms with Gasteiger partial charge < -0.3 is 15.0 Å². The summed E-state index contributed by atoms with van der Waals surface area (Å²) in [4.78, 5) is 29.1. The zero-order valence-electron chi connectivity index (χ0n) is 16.4. The van der Waals surface area contributed by atoms with E-state index in [4.69, 9.17) is 4.74 Å². The van der Waals surface area contributed by atoms with E-state index in [2.05, 4.69) is 10.2 Å². The van der Waals surface area contributed by atoms with Crippen molar-refractivity contribution in [2.24, 2.45) is 5.92 Å². The fraction of sp³-hybridized carbons (Fsp3) is 0.619. The number of carbonyl (C=O) groups excluding carboxylic acids is 2. The van der Waals surface area contributed by atoms with Gasteiger partial charge in [0.1, 0.15) is 5.75 Å². The Hall–Kier alpha value is -2.08. The van der Waals surface area contributed by atoms with Crippen molar-refractivity contribution in [3.8, 4) is 5.75 Å². The number of piperidine rings is 1. The van der Waals surface area contributed by atoms with Gasteiger partial charge in [-0.3, -0.25) is 14.5 Å². The van der Waals surface area contributed by atoms with Crippen LogP contribution in [0.4, 0.5) is 0 Å². The van der Waals surface area contributed by atoms with Crippen LogP contribution in [0.25, 0.3) is 0 Å². The number of para-hydroxylation sites is 1. The Labute approximate surface area is 161 Å². The largest absolute Gasteiger partial charge is 0.496 e. The highest BCUT2D eigenvalue weighted by Crippen LogP contribution is 2.25. The van der Waals surface area contributed by atoms with Gasteiger partial charge in [-0.1, -0.05) is 18.2 Å². The maximum Gasteiger partial charge on any atom is 0.234 e. The van der Waals surface area contributed by atoms with Gasteiger partial charge in [-0.05, 0) is 51.8 Å². The number of nitrogens with zero attached hydrogens (tertiary/aromatic N) is 2. The van der Waals surface area contributed by atoms with E-state index in [9.17, 15) is 9.59 Å². The number of benzene rings is 1. The van der Waals surface area contributed by atoms with E-state index in [0.717, 1.165) is 63.2 Å². The highest BCUT2D eigenvalue weighted by Gasteiger charge is 2.30. The van der Waals surface area contributed by atoms with E-state index in [1.807, 2.05) is 36.1 Å². The van der Waals surface area contributed by atoms with Gasteiger partial charge >= 0.3 is 0 Å². The van der Waals surface area contributed by atoms with Crippen LogP contribution in [0.5, 0.6) is 5.75 Å². The van der Waals surface area contributed by atoms with Crippen LogP contribution in [-0.4, -0.2) is 61.4 Å². The Morgan fingerprint density at radius 2 is 1.81 bits per heavy atom. The summed E-state index contributed by atoms with van der Waals surface area (Å²) >= 11 is 0. The SMILES string of the molecule is COc1ccccc1C(C)NC(=O)CN1CCC(C(=O)N2CCCC2)CC1. The van der Waals surface area contributed by atoms with Crippen molar-refractivity contribution in [2.45, 2.75) is 38.6 Å². The quantitative estimate of drug-likeness (QED) is 0.830. The number of rotatable bonds is 6. The average molecular weight is 373 g/mol. The summed E-state index contributed by atoms with van der Waals surface area (Å²) in [7, 11) is 1.64. The minimum atomic E-state index is -0.108. The number of hydrogen-bond acceptors (Lipinski definition) is 4. The lowest BCUT2D eigenvalue weighted by molar-refractivity contribution is -0.136. The highest BCUT2D eigenvalue weighted by molar-refractivity contribution is 5.80. The fourth-order valence-electron chi connectivity index (χ4n) is 4.13. The molecule has 0 radical (unpaired) electrons. The molecule has 3 rings (SSSR count). The summed E-state index contributed by atoms with van der Waals surface area (Å²) in [5.41, 5.74) is 0.975. The molecule has 0 spiro atoms. The Morgan fingerprint density at radius 1 is 1.15 bits per heavy atom. The molecule has 0 saturated carbocycles. The van der Waals surface area contributed by atoms with Crippen molar-refractivity contribution in [1.29, 1.82) is 0 Å². The first kappa shape index (κ1) is 19.7. The molecule has 2 aliphatic rings. The minimum Gasteiger partial charge on any atom is -0.496 e. The molecule has 148 valence electrons. The third-order valence-electron chi connectivity index (χ3n) is 5.70. The van der Waals surface area contributed by atoms with Crippen LogP contribution in [0.15, 0.2) is 24.3 Å². The molecule has 1 aromatic rings. The molecule has 0 aromatic heterocycles. The first-order valence-electron chi connectivity index (χ1n) is 10.0. The van der Waals surface area contributed by atoms with Crippen LogP contribution in [0.1, 0.15) is 44.2 Å². The Kier molecular flexibility index (Phi) is 6.72. The molecule has 0 aliphatic carbocycles. The van der Waals surface area contributed by atoms with E-state index < -0.39 is 0 Å². The number of likely N-dealkylation sites (tertiary alicyclic amines) is 2. The third kappa shape index (κ3) is 5.01. The molecule has 27 heavy (non-hydrogen) atoms. The van der Waals surface area contributed by atoms with Gasteiger partial charge in [-0.2, -0.15) is 0 Å². The topological polar surface area (TPSA) is 61.9 Å². The number of hydrogen-bond donors (Lipinski definition) is 1. The molecular weight excluding hydrogens is 342 g/mol. The predicted molar refractivity (Wildman–Crippen MR) is 105 cm³/mol. The summed E-state index contributed by atoms with van der Waals surface area (Å²) in [5.74, 6) is 1.25. The Balaban J connectivity index is 1.44. The molecule has 6 nitrogen and oxygen atoms in total. The van der Waals surface area contributed by atoms with E-state index >= 15 is 0 Å². The molecule has 6 heteroatoms. The number of carbonyl (C=O) groups is 2. The zero-order chi connectivity index (χ0) is 19.2. The Morgan fingerprint density at radius 3 is 2.48 bits per heavy atom. The van der Waals surface area contributed by atoms with Gasteiger partial charge in [0.05, 0.1) is 19.7 Å². The smallest absolute Gasteiger partial charge is 0.234 e. The monoisotopic (exact) mass is 373 g/mol. The second-order valence-electron chi connectivity index (χ2n) is 7.61. The van der Waals surface area contributed by atoms with E-state index in [-0.39, 0.29) is 17.9 Å². The summed E-state index contributed by atoms with van der Waals surface area (Å²) < 4.78 is 5.38. The maximum atomic E-state index is 12.5. The molecule has 2 saturated heterocycles. The first-order valence-corrected chi connectivity index (χ1v) is 10.0. The van der Waals surface area contributed by atoms with Crippen LogP contribution < -0.4 is 10.1 Å². The van der Waals surface area contributed by atoms with Crippen molar-refractivity contribution in [1.82, 2.24) is 15.1 Å². The second kappa shape index (κ2) is 9.22. The lowest BCUT2D eigenvalue weighted by Crippen LogP contribution is -2.45. The van der Waals surface area contributed by atoms with Crippen molar-refractivity contribution >= 4 is 11.8 Å². The van der Waals surface area contributed by atoms with Crippen molar-refractivity contribution in [3.05, 3.63) is 29.8 Å². The van der Waals surface area contributed by atoms with Crippen LogP contribution in [0.3, 0.4) is 0 Å². The summed E-state index contributed by atoms with van der Waals surface area (Å²) in [6, 6.07) is 7.63. The van der Waals surface area contributed by atoms with Gasteiger partial charge in [0, 0.05) is 24.6 Å². The normalized spacial score (nSPS) is 19.7. The fourth-order valence-corrected chi connectivity index (χ4v) is 4.13. The molecule has 2 heterocycles. The van der Waals surface area contributed by atoms with Gasteiger partial charge in [-0.15, -0.1) is 0 Å². The van der Waals surface area contributed by atoms with Crippen LogP contribution in [0.2, 0.25) is 0 Å². The second-order valence-corrected chi connectivity index (χ2v) is 7.61. The van der Waals surface area contributed by atoms with Crippen LogP contribution in [-0.2, 0) is 9.59 Å². The number of nitrogens with one attached hydrogen (secondary N) is 1. The molecule has 2 fully saturated rings. The van der Waals surface area contributed by atoms with E-state index in [1.165, 1.54) is 0 Å². The standard InChI is InChI=1S/C21H31N3O3/c1-16(18-7-3-4-8-19(18)27-2)22-20(25)15-23-13-9-17(10-14-23)21(26)24-11-5-6-12-24/h3-4,7-8,16-17H,5-6,9-15H2,1-2H3,(H,22,25). The molecule has 2 amide bonds. The summed E-state index contributed by atoms with van der Waals surface area (Å²) in [6.45, 7) is 5.80. The molecule has 1 aromatic carbocycles. The van der Waals surface area contributed by atoms with Crippen LogP contribution >= 0.6 is 0 Å². The minimum absolute atomic E-state index is 0.0118. The van der Waals surface area contributed by atoms with Crippen molar-refractivity contribution in [2.75, 3.05) is 39.8 Å². The summed E-state index contributed by atoms with van der Waals surface area (Å²) in [5, 5.41) is 3.06.